The van der Waals surface area contributed by atoms with E-state index in [9.17, 15) is 14.4 Å². The zero-order valence-corrected chi connectivity index (χ0v) is 20.9. The number of fused-ring (bicyclic) bond motifs is 1. The smallest absolute Gasteiger partial charge is 0.280 e. The third kappa shape index (κ3) is 4.91. The van der Waals surface area contributed by atoms with E-state index < -0.39 is 5.91 Å². The van der Waals surface area contributed by atoms with Gasteiger partial charge in [-0.1, -0.05) is 17.4 Å². The van der Waals surface area contributed by atoms with Crippen LogP contribution in [-0.2, 0) is 9.59 Å². The minimum atomic E-state index is -0.461. The van der Waals surface area contributed by atoms with Crippen molar-refractivity contribution in [2.45, 2.75) is 12.8 Å². The van der Waals surface area contributed by atoms with Crippen molar-refractivity contribution >= 4 is 56.3 Å². The van der Waals surface area contributed by atoms with E-state index in [2.05, 4.69) is 10.1 Å². The molecule has 4 aromatic rings. The standard InChI is InChI=1S/C27H22N4O5S/c1-35-20-8-6-17(7-9-20)16-28-31(27-29-22-11-10-21(36-2)15-23(22)37-27)26(34)18-4-3-5-19(14-18)30-24(32)12-13-25(30)33/h3-11,14-16H,12-13H2,1-2H3/b28-16+. The fraction of sp³-hybridized carbons (Fsp3) is 0.148. The van der Waals surface area contributed by atoms with Crippen LogP contribution in [0.5, 0.6) is 11.5 Å². The lowest BCUT2D eigenvalue weighted by Gasteiger charge is -2.17. The molecule has 3 aromatic carbocycles. The molecule has 10 heteroatoms. The summed E-state index contributed by atoms with van der Waals surface area (Å²) in [5.41, 5.74) is 2.06. The minimum absolute atomic E-state index is 0.157. The van der Waals surface area contributed by atoms with Gasteiger partial charge in [-0.15, -0.1) is 0 Å². The minimum Gasteiger partial charge on any atom is -0.497 e. The fourth-order valence-electron chi connectivity index (χ4n) is 3.88. The van der Waals surface area contributed by atoms with Gasteiger partial charge in [0.1, 0.15) is 11.5 Å². The van der Waals surface area contributed by atoms with Gasteiger partial charge >= 0.3 is 0 Å². The van der Waals surface area contributed by atoms with Crippen LogP contribution in [0, 0.1) is 0 Å². The van der Waals surface area contributed by atoms with Crippen LogP contribution in [0.3, 0.4) is 0 Å². The highest BCUT2D eigenvalue weighted by Crippen LogP contribution is 2.33. The lowest BCUT2D eigenvalue weighted by molar-refractivity contribution is -0.121. The second-order valence-corrected chi connectivity index (χ2v) is 9.15. The first-order chi connectivity index (χ1) is 18.0. The Morgan fingerprint density at radius 3 is 2.38 bits per heavy atom. The van der Waals surface area contributed by atoms with E-state index in [1.807, 2.05) is 24.3 Å². The van der Waals surface area contributed by atoms with E-state index >= 15 is 0 Å². The highest BCUT2D eigenvalue weighted by Gasteiger charge is 2.31. The van der Waals surface area contributed by atoms with Crippen LogP contribution in [0.15, 0.2) is 71.8 Å². The number of rotatable bonds is 7. The quantitative estimate of drug-likeness (QED) is 0.202. The number of methoxy groups -OCH3 is 2. The molecule has 186 valence electrons. The van der Waals surface area contributed by atoms with E-state index in [0.29, 0.717) is 27.8 Å². The van der Waals surface area contributed by atoms with Gasteiger partial charge in [-0.05, 0) is 66.2 Å². The number of hydrogen-bond acceptors (Lipinski definition) is 8. The Hall–Kier alpha value is -4.57. The number of thiazole rings is 1. The summed E-state index contributed by atoms with van der Waals surface area (Å²) in [6.45, 7) is 0. The van der Waals surface area contributed by atoms with Crippen molar-refractivity contribution in [2.24, 2.45) is 5.10 Å². The van der Waals surface area contributed by atoms with Crippen molar-refractivity contribution in [1.82, 2.24) is 4.98 Å². The first kappa shape index (κ1) is 24.1. The number of hydrogen-bond donors (Lipinski definition) is 0. The van der Waals surface area contributed by atoms with Gasteiger partial charge in [0, 0.05) is 18.4 Å². The molecule has 9 nitrogen and oxygen atoms in total. The molecule has 0 unspecified atom stereocenters. The Morgan fingerprint density at radius 2 is 1.68 bits per heavy atom. The topological polar surface area (TPSA) is 101 Å². The predicted molar refractivity (Wildman–Crippen MR) is 142 cm³/mol. The van der Waals surface area contributed by atoms with Crippen LogP contribution < -0.4 is 19.4 Å². The first-order valence-electron chi connectivity index (χ1n) is 11.4. The summed E-state index contributed by atoms with van der Waals surface area (Å²) < 4.78 is 11.3. The SMILES string of the molecule is COc1ccc(/C=N/N(C(=O)c2cccc(N3C(=O)CCC3=O)c2)c2nc3ccc(OC)cc3s2)cc1. The van der Waals surface area contributed by atoms with E-state index in [1.165, 1.54) is 22.4 Å². The first-order valence-corrected chi connectivity index (χ1v) is 12.2. The summed E-state index contributed by atoms with van der Waals surface area (Å²) in [6, 6.07) is 19.1. The lowest BCUT2D eigenvalue weighted by atomic mass is 10.1. The van der Waals surface area contributed by atoms with Crippen LogP contribution >= 0.6 is 11.3 Å². The van der Waals surface area contributed by atoms with Crippen LogP contribution in [0.1, 0.15) is 28.8 Å². The number of hydrazone groups is 1. The number of amides is 3. The van der Waals surface area contributed by atoms with E-state index in [1.54, 1.807) is 56.8 Å². The normalized spacial score (nSPS) is 13.5. The Bertz CT molecular complexity index is 1510. The molecule has 0 spiro atoms. The predicted octanol–water partition coefficient (Wildman–Crippen LogP) is 4.65. The molecular weight excluding hydrogens is 492 g/mol. The highest BCUT2D eigenvalue weighted by molar-refractivity contribution is 7.22. The molecule has 0 radical (unpaired) electrons. The molecule has 1 aliphatic heterocycles. The molecule has 3 amide bonds. The average molecular weight is 515 g/mol. The number of aromatic nitrogens is 1. The molecule has 5 rings (SSSR count). The second-order valence-electron chi connectivity index (χ2n) is 8.14. The van der Waals surface area contributed by atoms with Gasteiger partial charge in [0.05, 0.1) is 36.3 Å². The third-order valence-corrected chi connectivity index (χ3v) is 6.79. The molecule has 2 heterocycles. The maximum Gasteiger partial charge on any atom is 0.280 e. The van der Waals surface area contributed by atoms with E-state index in [4.69, 9.17) is 9.47 Å². The fourth-order valence-corrected chi connectivity index (χ4v) is 4.83. The highest BCUT2D eigenvalue weighted by atomic mass is 32.1. The molecule has 1 saturated heterocycles. The lowest BCUT2D eigenvalue weighted by Crippen LogP contribution is -2.29. The van der Waals surface area contributed by atoms with Gasteiger partial charge < -0.3 is 9.47 Å². The summed E-state index contributed by atoms with van der Waals surface area (Å²) >= 11 is 1.29. The largest absolute Gasteiger partial charge is 0.497 e. The number of ether oxygens (including phenoxy) is 2. The number of nitrogens with zero attached hydrogens (tertiary/aromatic N) is 4. The van der Waals surface area contributed by atoms with Crippen LogP contribution in [-0.4, -0.2) is 43.1 Å². The Kier molecular flexibility index (Phi) is 6.65. The van der Waals surface area contributed by atoms with E-state index in [0.717, 1.165) is 15.2 Å². The number of benzene rings is 3. The Labute approximate surface area is 216 Å². The van der Waals surface area contributed by atoms with Gasteiger partial charge in [-0.2, -0.15) is 10.1 Å². The zero-order valence-electron chi connectivity index (χ0n) is 20.1. The maximum absolute atomic E-state index is 13.7. The van der Waals surface area contributed by atoms with Gasteiger partial charge in [-0.3, -0.25) is 19.3 Å². The Morgan fingerprint density at radius 1 is 0.973 bits per heavy atom. The summed E-state index contributed by atoms with van der Waals surface area (Å²) in [5, 5.41) is 6.05. The van der Waals surface area contributed by atoms with Gasteiger partial charge in [0.2, 0.25) is 16.9 Å². The summed E-state index contributed by atoms with van der Waals surface area (Å²) in [5.74, 6) is 0.341. The average Bonchev–Trinajstić information content (AvgIpc) is 3.50. The van der Waals surface area contributed by atoms with Crippen molar-refractivity contribution in [3.8, 4) is 11.5 Å². The molecule has 0 atom stereocenters. The molecule has 0 aliphatic carbocycles. The molecule has 1 aliphatic rings. The number of carbonyl (C=O) groups is 3. The molecule has 1 fully saturated rings. The number of imide groups is 1. The monoisotopic (exact) mass is 514 g/mol. The molecule has 1 aromatic heterocycles. The summed E-state index contributed by atoms with van der Waals surface area (Å²) in [6.07, 6.45) is 1.87. The summed E-state index contributed by atoms with van der Waals surface area (Å²) in [7, 11) is 3.17. The number of anilines is 2. The molecule has 0 N–H and O–H groups in total. The summed E-state index contributed by atoms with van der Waals surface area (Å²) in [4.78, 5) is 43.9. The van der Waals surface area contributed by atoms with Crippen molar-refractivity contribution in [2.75, 3.05) is 24.1 Å². The van der Waals surface area contributed by atoms with E-state index in [-0.39, 0.29) is 30.2 Å². The zero-order chi connectivity index (χ0) is 25.9. The van der Waals surface area contributed by atoms with Gasteiger partial charge in [-0.25, -0.2) is 4.98 Å². The maximum atomic E-state index is 13.7. The molecular formula is C27H22N4O5S. The molecule has 37 heavy (non-hydrogen) atoms. The second kappa shape index (κ2) is 10.2. The van der Waals surface area contributed by atoms with Crippen LogP contribution in [0.25, 0.3) is 10.2 Å². The van der Waals surface area contributed by atoms with Crippen LogP contribution in [0.4, 0.5) is 10.8 Å². The van der Waals surface area contributed by atoms with Crippen molar-refractivity contribution in [3.05, 3.63) is 77.9 Å². The Balaban J connectivity index is 1.53. The van der Waals surface area contributed by atoms with Crippen molar-refractivity contribution < 1.29 is 23.9 Å². The molecule has 0 bridgehead atoms. The van der Waals surface area contributed by atoms with Crippen molar-refractivity contribution in [3.63, 3.8) is 0 Å². The number of carbonyl (C=O) groups excluding carboxylic acids is 3. The van der Waals surface area contributed by atoms with Crippen molar-refractivity contribution in [1.29, 1.82) is 0 Å². The van der Waals surface area contributed by atoms with Crippen LogP contribution in [0.2, 0.25) is 0 Å². The molecule has 0 saturated carbocycles. The van der Waals surface area contributed by atoms with Gasteiger partial charge in [0.25, 0.3) is 5.91 Å². The van der Waals surface area contributed by atoms with Gasteiger partial charge in [0.15, 0.2) is 0 Å². The third-order valence-electron chi connectivity index (χ3n) is 5.80.